The maximum Gasteiger partial charge on any atom is 0.333 e. The molecule has 3 aromatic rings. The number of hydrogen-bond donors (Lipinski definition) is 0. The number of benzene rings is 1. The number of nitrogens with zero attached hydrogens (tertiary/aromatic N) is 6. The van der Waals surface area contributed by atoms with Crippen molar-refractivity contribution in [3.8, 4) is 5.75 Å². The summed E-state index contributed by atoms with van der Waals surface area (Å²) in [4.78, 5) is 16.5. The predicted octanol–water partition coefficient (Wildman–Crippen LogP) is 6.45. The number of rotatable bonds is 7. The van der Waals surface area contributed by atoms with Crippen molar-refractivity contribution in [2.75, 3.05) is 24.6 Å². The summed E-state index contributed by atoms with van der Waals surface area (Å²) < 4.78 is 32.3. The Labute approximate surface area is 226 Å². The van der Waals surface area contributed by atoms with E-state index in [1.165, 1.54) is 29.2 Å². The van der Waals surface area contributed by atoms with Gasteiger partial charge in [0.05, 0.1) is 18.5 Å². The van der Waals surface area contributed by atoms with Crippen LogP contribution in [0.1, 0.15) is 69.0 Å². The van der Waals surface area contributed by atoms with Gasteiger partial charge in [0.25, 0.3) is 0 Å². The summed E-state index contributed by atoms with van der Waals surface area (Å²) in [5.74, 6) is 1.80. The number of ether oxygens (including phenoxy) is 1. The molecule has 0 amide bonds. The maximum absolute atomic E-state index is 13.0. The SMILES string of the molecule is CCOc1ccc(C2=C(C)N=C(C3(C)CCN(c4ncnc5c4C=C(c4cnn(C(F)F)c4)C5)CC3)C2)cc1. The van der Waals surface area contributed by atoms with Crippen molar-refractivity contribution >= 4 is 28.8 Å². The summed E-state index contributed by atoms with van der Waals surface area (Å²) in [5.41, 5.74) is 8.40. The molecule has 0 N–H and O–H groups in total. The van der Waals surface area contributed by atoms with E-state index >= 15 is 0 Å². The van der Waals surface area contributed by atoms with E-state index in [0.717, 1.165) is 66.4 Å². The second-order valence-corrected chi connectivity index (χ2v) is 10.7. The third-order valence-electron chi connectivity index (χ3n) is 8.25. The molecule has 1 aliphatic carbocycles. The van der Waals surface area contributed by atoms with Crippen LogP contribution in [-0.4, -0.2) is 45.2 Å². The summed E-state index contributed by atoms with van der Waals surface area (Å²) in [6, 6.07) is 8.32. The first-order valence-electron chi connectivity index (χ1n) is 13.5. The van der Waals surface area contributed by atoms with Crippen LogP contribution in [0.5, 0.6) is 5.75 Å². The number of hydrogen-bond acceptors (Lipinski definition) is 6. The van der Waals surface area contributed by atoms with E-state index in [2.05, 4.69) is 45.9 Å². The van der Waals surface area contributed by atoms with Crippen molar-refractivity contribution in [3.05, 3.63) is 71.1 Å². The smallest absolute Gasteiger partial charge is 0.333 e. The van der Waals surface area contributed by atoms with E-state index in [1.54, 1.807) is 6.33 Å². The highest BCUT2D eigenvalue weighted by Crippen LogP contribution is 2.43. The van der Waals surface area contributed by atoms with Crippen LogP contribution in [0.4, 0.5) is 14.6 Å². The molecule has 2 aliphatic heterocycles. The Morgan fingerprint density at radius 3 is 2.51 bits per heavy atom. The molecule has 3 aliphatic rings. The van der Waals surface area contributed by atoms with Crippen LogP contribution in [0.2, 0.25) is 0 Å². The topological polar surface area (TPSA) is 68.4 Å². The van der Waals surface area contributed by atoms with E-state index in [-0.39, 0.29) is 5.41 Å². The van der Waals surface area contributed by atoms with E-state index < -0.39 is 6.55 Å². The molecule has 7 nitrogen and oxygen atoms in total. The zero-order valence-electron chi connectivity index (χ0n) is 22.5. The van der Waals surface area contributed by atoms with Crippen LogP contribution in [0, 0.1) is 5.41 Å². The molecule has 6 rings (SSSR count). The normalized spacial score (nSPS) is 18.5. The van der Waals surface area contributed by atoms with Gasteiger partial charge in [-0.1, -0.05) is 19.1 Å². The molecule has 1 saturated heterocycles. The van der Waals surface area contributed by atoms with Crippen molar-refractivity contribution in [2.24, 2.45) is 10.4 Å². The molecule has 0 saturated carbocycles. The predicted molar refractivity (Wildman–Crippen MR) is 149 cm³/mol. The van der Waals surface area contributed by atoms with Gasteiger partial charge >= 0.3 is 6.55 Å². The average molecular weight is 531 g/mol. The Morgan fingerprint density at radius 1 is 1.05 bits per heavy atom. The Bertz CT molecular complexity index is 1480. The zero-order chi connectivity index (χ0) is 27.1. The van der Waals surface area contributed by atoms with Gasteiger partial charge < -0.3 is 9.64 Å². The highest BCUT2D eigenvalue weighted by Gasteiger charge is 2.38. The fraction of sp³-hybridized carbons (Fsp3) is 0.400. The summed E-state index contributed by atoms with van der Waals surface area (Å²) >= 11 is 0. The lowest BCUT2D eigenvalue weighted by atomic mass is 9.74. The summed E-state index contributed by atoms with van der Waals surface area (Å²) in [7, 11) is 0. The van der Waals surface area contributed by atoms with Crippen molar-refractivity contribution in [2.45, 2.75) is 53.0 Å². The summed E-state index contributed by atoms with van der Waals surface area (Å²) in [5, 5.41) is 3.79. The second kappa shape index (κ2) is 10.0. The lowest BCUT2D eigenvalue weighted by molar-refractivity contribution is 0.0566. The van der Waals surface area contributed by atoms with E-state index in [1.807, 2.05) is 25.1 Å². The monoisotopic (exact) mass is 530 g/mol. The Morgan fingerprint density at radius 2 is 1.82 bits per heavy atom. The Balaban J connectivity index is 1.15. The lowest BCUT2D eigenvalue weighted by Gasteiger charge is -2.40. The van der Waals surface area contributed by atoms with E-state index in [4.69, 9.17) is 9.73 Å². The number of alkyl halides is 2. The first kappa shape index (κ1) is 25.4. The Kier molecular flexibility index (Phi) is 6.53. The van der Waals surface area contributed by atoms with Crippen LogP contribution in [0.3, 0.4) is 0 Å². The molecule has 0 atom stereocenters. The number of aliphatic imine (C=N–C) groups is 1. The minimum Gasteiger partial charge on any atom is -0.494 e. The molecule has 0 bridgehead atoms. The number of fused-ring (bicyclic) bond motifs is 1. The van der Waals surface area contributed by atoms with Gasteiger partial charge in [-0.2, -0.15) is 13.9 Å². The average Bonchev–Trinajstić information content (AvgIpc) is 3.68. The van der Waals surface area contributed by atoms with Crippen LogP contribution in [0.15, 0.2) is 53.7 Å². The fourth-order valence-corrected chi connectivity index (χ4v) is 5.85. The number of aromatic nitrogens is 4. The molecular formula is C30H32F2N6O. The molecule has 9 heteroatoms. The standard InChI is InChI=1S/C30H32F2N6O/c1-4-39-23-7-5-20(6-8-23)24-15-27(36-19(24)2)30(3)9-11-37(12-10-30)28-25-13-21(14-26(25)33-18-34-28)22-16-35-38(17-22)29(31)32/h5-8,13,16-18,29H,4,9-12,14-15H2,1-3H3. The molecule has 0 radical (unpaired) electrons. The van der Waals surface area contributed by atoms with Gasteiger partial charge in [0, 0.05) is 60.1 Å². The van der Waals surface area contributed by atoms with Crippen LogP contribution < -0.4 is 9.64 Å². The van der Waals surface area contributed by atoms with Gasteiger partial charge in [-0.3, -0.25) is 4.99 Å². The third-order valence-corrected chi connectivity index (χ3v) is 8.25. The maximum atomic E-state index is 13.0. The minimum atomic E-state index is -2.65. The summed E-state index contributed by atoms with van der Waals surface area (Å²) in [6.45, 7) is 6.17. The van der Waals surface area contributed by atoms with Gasteiger partial charge in [-0.25, -0.2) is 14.6 Å². The lowest BCUT2D eigenvalue weighted by Crippen LogP contribution is -2.43. The molecular weight excluding hydrogens is 498 g/mol. The molecule has 1 aromatic carbocycles. The van der Waals surface area contributed by atoms with Crippen LogP contribution in [-0.2, 0) is 6.42 Å². The molecule has 1 fully saturated rings. The van der Waals surface area contributed by atoms with Crippen molar-refractivity contribution < 1.29 is 13.5 Å². The number of piperidine rings is 1. The highest BCUT2D eigenvalue weighted by atomic mass is 19.3. The molecule has 2 aromatic heterocycles. The molecule has 0 spiro atoms. The van der Waals surface area contributed by atoms with Gasteiger partial charge in [-0.05, 0) is 61.6 Å². The largest absolute Gasteiger partial charge is 0.494 e. The highest BCUT2D eigenvalue weighted by molar-refractivity contribution is 6.03. The molecule has 39 heavy (non-hydrogen) atoms. The minimum absolute atomic E-state index is 0.0197. The van der Waals surface area contributed by atoms with Gasteiger partial charge in [0.15, 0.2) is 0 Å². The van der Waals surface area contributed by atoms with Gasteiger partial charge in [-0.15, -0.1) is 0 Å². The summed E-state index contributed by atoms with van der Waals surface area (Å²) in [6.07, 6.45) is 9.93. The van der Waals surface area contributed by atoms with Crippen molar-refractivity contribution in [1.29, 1.82) is 0 Å². The quantitative estimate of drug-likeness (QED) is 0.351. The number of anilines is 1. The number of allylic oxidation sites excluding steroid dienone is 3. The van der Waals surface area contributed by atoms with Crippen molar-refractivity contribution in [1.82, 2.24) is 19.7 Å². The van der Waals surface area contributed by atoms with E-state index in [0.29, 0.717) is 23.3 Å². The van der Waals surface area contributed by atoms with E-state index in [9.17, 15) is 8.78 Å². The fourth-order valence-electron chi connectivity index (χ4n) is 5.85. The van der Waals surface area contributed by atoms with Crippen LogP contribution in [0.25, 0.3) is 17.2 Å². The Hall–Kier alpha value is -3.88. The van der Waals surface area contributed by atoms with Gasteiger partial charge in [0.2, 0.25) is 0 Å². The molecule has 0 unspecified atom stereocenters. The zero-order valence-corrected chi connectivity index (χ0v) is 22.5. The number of halogens is 2. The van der Waals surface area contributed by atoms with Gasteiger partial charge in [0.1, 0.15) is 17.9 Å². The molecule has 4 heterocycles. The first-order valence-corrected chi connectivity index (χ1v) is 13.5. The second-order valence-electron chi connectivity index (χ2n) is 10.7. The third kappa shape index (κ3) is 4.75. The van der Waals surface area contributed by atoms with Crippen LogP contribution >= 0.6 is 0 Å². The first-order chi connectivity index (χ1) is 18.8. The van der Waals surface area contributed by atoms with Crippen molar-refractivity contribution in [3.63, 3.8) is 0 Å². The molecule has 202 valence electrons.